The zero-order valence-corrected chi connectivity index (χ0v) is 10.8. The number of carbonyl (C=O) groups is 1. The molecule has 2 heterocycles. The minimum absolute atomic E-state index is 0.0409. The quantitative estimate of drug-likeness (QED) is 0.616. The second-order valence-electron chi connectivity index (χ2n) is 5.96. The molecule has 1 saturated carbocycles. The lowest BCUT2D eigenvalue weighted by molar-refractivity contribution is -0.643. The molecule has 0 radical (unpaired) electrons. The molecule has 102 valence electrons. The van der Waals surface area contributed by atoms with Crippen LogP contribution in [-0.2, 0) is 9.53 Å². The van der Waals surface area contributed by atoms with Gasteiger partial charge in [0.2, 0.25) is 0 Å². The molecule has 2 aliphatic heterocycles. The van der Waals surface area contributed by atoms with E-state index in [0.29, 0.717) is 18.3 Å². The van der Waals surface area contributed by atoms with Crippen LogP contribution in [0.5, 0.6) is 0 Å². The van der Waals surface area contributed by atoms with E-state index in [4.69, 9.17) is 4.74 Å². The minimum Gasteiger partial charge on any atom is -0.462 e. The summed E-state index contributed by atoms with van der Waals surface area (Å²) < 4.78 is 5.46. The second-order valence-corrected chi connectivity index (χ2v) is 5.96. The van der Waals surface area contributed by atoms with Gasteiger partial charge in [-0.05, 0) is 25.2 Å². The van der Waals surface area contributed by atoms with Crippen molar-refractivity contribution in [3.8, 4) is 0 Å². The summed E-state index contributed by atoms with van der Waals surface area (Å²) >= 11 is 0. The molecule has 3 N–H and O–H groups in total. The number of hydrogen-bond donors (Lipinski definition) is 2. The van der Waals surface area contributed by atoms with Crippen molar-refractivity contribution in [1.29, 1.82) is 0 Å². The fraction of sp³-hybridized carbons (Fsp3) is 0.923. The summed E-state index contributed by atoms with van der Waals surface area (Å²) in [6.07, 6.45) is 2.81. The van der Waals surface area contributed by atoms with Gasteiger partial charge in [-0.25, -0.2) is 0 Å². The molecule has 1 aliphatic carbocycles. The number of hydrogen-bond acceptors (Lipinski definition) is 4. The molecule has 0 amide bonds. The average molecular weight is 255 g/mol. The molecule has 4 unspecified atom stereocenters. The maximum absolute atomic E-state index is 11.7. The summed E-state index contributed by atoms with van der Waals surface area (Å²) in [6.45, 7) is 4.31. The van der Waals surface area contributed by atoms with Gasteiger partial charge in [0, 0.05) is 18.9 Å². The summed E-state index contributed by atoms with van der Waals surface area (Å²) in [6, 6.07) is 0. The monoisotopic (exact) mass is 255 g/mol. The van der Waals surface area contributed by atoms with Crippen molar-refractivity contribution in [3.05, 3.63) is 0 Å². The normalized spacial score (nSPS) is 41.5. The van der Waals surface area contributed by atoms with Gasteiger partial charge in [0.1, 0.15) is 12.8 Å². The molecule has 0 aromatic carbocycles. The molecular weight excluding hydrogens is 232 g/mol. The van der Waals surface area contributed by atoms with Crippen molar-refractivity contribution in [2.45, 2.75) is 37.9 Å². The number of aliphatic hydroxyl groups is 1. The molecule has 0 bridgehead atoms. The first-order valence-electron chi connectivity index (χ1n) is 7.14. The third-order valence-corrected chi connectivity index (χ3v) is 4.65. The van der Waals surface area contributed by atoms with Gasteiger partial charge in [-0.15, -0.1) is 0 Å². The Kier molecular flexibility index (Phi) is 3.54. The first-order chi connectivity index (χ1) is 8.72. The third-order valence-electron chi connectivity index (χ3n) is 4.65. The zero-order chi connectivity index (χ0) is 12.5. The predicted molar refractivity (Wildman–Crippen MR) is 64.6 cm³/mol. The van der Waals surface area contributed by atoms with E-state index in [0.717, 1.165) is 45.6 Å². The van der Waals surface area contributed by atoms with Crippen LogP contribution in [0.25, 0.3) is 0 Å². The molecular formula is C13H23N2O3+. The Labute approximate surface area is 107 Å². The van der Waals surface area contributed by atoms with Crippen LogP contribution >= 0.6 is 0 Å². The number of nitrogens with zero attached hydrogens (tertiary/aromatic N) is 1. The zero-order valence-electron chi connectivity index (χ0n) is 10.8. The Bertz CT molecular complexity index is 317. The van der Waals surface area contributed by atoms with Gasteiger partial charge in [0.15, 0.2) is 0 Å². The van der Waals surface area contributed by atoms with Crippen molar-refractivity contribution in [2.75, 3.05) is 26.3 Å². The summed E-state index contributed by atoms with van der Waals surface area (Å²) in [7, 11) is 0. The molecule has 2 saturated heterocycles. The van der Waals surface area contributed by atoms with E-state index in [1.54, 1.807) is 0 Å². The third kappa shape index (κ3) is 2.53. The molecule has 5 heteroatoms. The van der Waals surface area contributed by atoms with E-state index in [9.17, 15) is 9.90 Å². The number of carbonyl (C=O) groups excluding carboxylic acids is 1. The average Bonchev–Trinajstić information content (AvgIpc) is 2.83. The molecule has 0 aromatic rings. The van der Waals surface area contributed by atoms with Gasteiger partial charge in [-0.1, -0.05) is 0 Å². The van der Waals surface area contributed by atoms with E-state index in [2.05, 4.69) is 10.2 Å². The molecule has 3 rings (SSSR count). The lowest BCUT2D eigenvalue weighted by atomic mass is 9.73. The Morgan fingerprint density at radius 2 is 2.33 bits per heavy atom. The first-order valence-corrected chi connectivity index (χ1v) is 7.14. The highest BCUT2D eigenvalue weighted by Crippen LogP contribution is 2.38. The van der Waals surface area contributed by atoms with E-state index in [1.165, 1.54) is 0 Å². The molecule has 0 aromatic heterocycles. The van der Waals surface area contributed by atoms with Crippen LogP contribution in [0.1, 0.15) is 25.7 Å². The van der Waals surface area contributed by atoms with Gasteiger partial charge in [0.25, 0.3) is 0 Å². The van der Waals surface area contributed by atoms with Gasteiger partial charge in [-0.2, -0.15) is 0 Å². The fourth-order valence-corrected chi connectivity index (χ4v) is 3.72. The van der Waals surface area contributed by atoms with Crippen molar-refractivity contribution < 1.29 is 20.0 Å². The van der Waals surface area contributed by atoms with E-state index in [1.807, 2.05) is 0 Å². The highest BCUT2D eigenvalue weighted by atomic mass is 16.5. The number of esters is 1. The Morgan fingerprint density at radius 1 is 1.44 bits per heavy atom. The van der Waals surface area contributed by atoms with Crippen LogP contribution in [0.3, 0.4) is 0 Å². The summed E-state index contributed by atoms with van der Waals surface area (Å²) in [5.41, 5.74) is 0. The number of fused-ring (bicyclic) bond motifs is 1. The topological polar surface area (TPSA) is 66.4 Å². The largest absolute Gasteiger partial charge is 0.462 e. The lowest BCUT2D eigenvalue weighted by Gasteiger charge is -2.42. The maximum Gasteiger partial charge on any atom is 0.306 e. The number of aliphatic hydroxyl groups excluding tert-OH is 1. The Balaban J connectivity index is 1.67. The standard InChI is InChI=1S/C13H22N2O3/c16-10-1-2-12-11(6-10)9(5-13(17)18-12)7-15-4-3-14-8-15/h9-12,14,16H,1-8H2/p+1. The molecule has 18 heavy (non-hydrogen) atoms. The molecule has 0 spiro atoms. The highest BCUT2D eigenvalue weighted by molar-refractivity contribution is 5.70. The smallest absolute Gasteiger partial charge is 0.306 e. The second kappa shape index (κ2) is 5.15. The number of rotatable bonds is 2. The van der Waals surface area contributed by atoms with Crippen molar-refractivity contribution in [2.24, 2.45) is 11.8 Å². The summed E-state index contributed by atoms with van der Waals surface area (Å²) in [5, 5.41) is 12.1. The van der Waals surface area contributed by atoms with Gasteiger partial charge >= 0.3 is 5.97 Å². The molecule has 5 nitrogen and oxygen atoms in total. The van der Waals surface area contributed by atoms with Crippen LogP contribution in [0.15, 0.2) is 0 Å². The minimum atomic E-state index is -0.198. The van der Waals surface area contributed by atoms with Gasteiger partial charge < -0.3 is 15.2 Å². The van der Waals surface area contributed by atoms with Crippen LogP contribution < -0.4 is 5.32 Å². The van der Waals surface area contributed by atoms with Crippen molar-refractivity contribution in [3.63, 3.8) is 0 Å². The molecule has 4 atom stereocenters. The lowest BCUT2D eigenvalue weighted by Crippen LogP contribution is -2.82. The number of quaternary nitrogens is 1. The van der Waals surface area contributed by atoms with Crippen molar-refractivity contribution in [1.82, 2.24) is 4.90 Å². The summed E-state index contributed by atoms with van der Waals surface area (Å²) in [5.74, 6) is 0.700. The first kappa shape index (κ1) is 12.4. The maximum atomic E-state index is 11.7. The molecule has 3 aliphatic rings. The highest BCUT2D eigenvalue weighted by Gasteiger charge is 2.42. The SMILES string of the molecule is O=C1CC(CN2CC[NH2+]C2)C2CC(O)CCC2O1. The van der Waals surface area contributed by atoms with E-state index in [-0.39, 0.29) is 18.2 Å². The van der Waals surface area contributed by atoms with Crippen LogP contribution in [0.2, 0.25) is 0 Å². The van der Waals surface area contributed by atoms with Crippen molar-refractivity contribution >= 4 is 5.97 Å². The van der Waals surface area contributed by atoms with E-state index < -0.39 is 0 Å². The van der Waals surface area contributed by atoms with Gasteiger partial charge in [-0.3, -0.25) is 9.69 Å². The van der Waals surface area contributed by atoms with Crippen LogP contribution in [0.4, 0.5) is 0 Å². The summed E-state index contributed by atoms with van der Waals surface area (Å²) in [4.78, 5) is 14.1. The number of ether oxygens (including phenoxy) is 1. The fourth-order valence-electron chi connectivity index (χ4n) is 3.72. The Hall–Kier alpha value is -0.650. The van der Waals surface area contributed by atoms with Crippen LogP contribution in [0, 0.1) is 11.8 Å². The Morgan fingerprint density at radius 3 is 3.11 bits per heavy atom. The van der Waals surface area contributed by atoms with E-state index >= 15 is 0 Å². The molecule has 3 fully saturated rings. The number of nitrogens with two attached hydrogens (primary N) is 1. The predicted octanol–water partition coefficient (Wildman–Crippen LogP) is -1.08. The van der Waals surface area contributed by atoms with Crippen LogP contribution in [-0.4, -0.2) is 54.5 Å². The van der Waals surface area contributed by atoms with Gasteiger partial charge in [0.05, 0.1) is 19.2 Å².